The molecule has 1 aliphatic rings. The van der Waals surface area contributed by atoms with Gasteiger partial charge in [0.15, 0.2) is 0 Å². The fourth-order valence-corrected chi connectivity index (χ4v) is 5.41. The van der Waals surface area contributed by atoms with Gasteiger partial charge in [0, 0.05) is 42.8 Å². The number of thiophene rings is 1. The second kappa shape index (κ2) is 9.37. The van der Waals surface area contributed by atoms with Crippen LogP contribution in [0, 0.1) is 12.3 Å². The van der Waals surface area contributed by atoms with E-state index in [9.17, 15) is 4.79 Å². The Morgan fingerprint density at radius 3 is 2.71 bits per heavy atom. The molecule has 5 nitrogen and oxygen atoms in total. The van der Waals surface area contributed by atoms with E-state index in [4.69, 9.17) is 0 Å². The van der Waals surface area contributed by atoms with E-state index >= 15 is 0 Å². The highest BCUT2D eigenvalue weighted by Gasteiger charge is 2.42. The minimum absolute atomic E-state index is 0.185. The van der Waals surface area contributed by atoms with E-state index in [1.165, 1.54) is 27.3 Å². The highest BCUT2D eigenvalue weighted by molar-refractivity contribution is 7.13. The summed E-state index contributed by atoms with van der Waals surface area (Å²) in [5.41, 5.74) is 4.51. The standard InChI is InChI=1S/C25H32N4OS/c1-4-26-24(30)25(15-20-8-10-21(11-9-20)23-7-5-14-31-23)12-6-13-29(18-25)17-22-16-27-28(3)19(22)2/h5,7-11,14,16H,4,6,12-13,15,17-18H2,1-3H3,(H,26,30)/t25-/m0/s1. The van der Waals surface area contributed by atoms with Crippen LogP contribution >= 0.6 is 11.3 Å². The van der Waals surface area contributed by atoms with Gasteiger partial charge >= 0.3 is 0 Å². The van der Waals surface area contributed by atoms with Gasteiger partial charge in [0.2, 0.25) is 5.91 Å². The molecule has 3 heterocycles. The maximum Gasteiger partial charge on any atom is 0.227 e. The molecule has 6 heteroatoms. The molecule has 3 aromatic rings. The number of hydrogen-bond donors (Lipinski definition) is 1. The van der Waals surface area contributed by atoms with Gasteiger partial charge in [0.1, 0.15) is 0 Å². The zero-order valence-corrected chi connectivity index (χ0v) is 19.5. The molecule has 1 atom stereocenters. The van der Waals surface area contributed by atoms with Crippen molar-refractivity contribution in [2.45, 2.75) is 39.7 Å². The molecule has 0 bridgehead atoms. The first-order chi connectivity index (χ1) is 15.0. The fourth-order valence-electron chi connectivity index (χ4n) is 4.68. The van der Waals surface area contributed by atoms with Gasteiger partial charge in [0.25, 0.3) is 0 Å². The number of carbonyl (C=O) groups is 1. The Balaban J connectivity index is 1.54. The molecule has 31 heavy (non-hydrogen) atoms. The van der Waals surface area contributed by atoms with Crippen LogP contribution < -0.4 is 5.32 Å². The molecule has 0 spiro atoms. The average Bonchev–Trinajstić information content (AvgIpc) is 3.41. The fraction of sp³-hybridized carbons (Fsp3) is 0.440. The van der Waals surface area contributed by atoms with Crippen LogP contribution in [-0.2, 0) is 24.8 Å². The molecule has 0 saturated carbocycles. The van der Waals surface area contributed by atoms with Crippen LogP contribution in [0.3, 0.4) is 0 Å². The number of nitrogens with zero attached hydrogens (tertiary/aromatic N) is 3. The molecule has 1 amide bonds. The third-order valence-electron chi connectivity index (χ3n) is 6.51. The lowest BCUT2D eigenvalue weighted by Gasteiger charge is -2.42. The zero-order chi connectivity index (χ0) is 21.8. The van der Waals surface area contributed by atoms with Crippen molar-refractivity contribution < 1.29 is 4.79 Å². The van der Waals surface area contributed by atoms with E-state index < -0.39 is 5.41 Å². The second-order valence-electron chi connectivity index (χ2n) is 8.68. The molecule has 1 N–H and O–H groups in total. The molecule has 1 aromatic carbocycles. The van der Waals surface area contributed by atoms with Crippen LogP contribution in [-0.4, -0.2) is 40.2 Å². The minimum atomic E-state index is -0.394. The van der Waals surface area contributed by atoms with Crippen LogP contribution in [0.25, 0.3) is 10.4 Å². The Hall–Kier alpha value is -2.44. The van der Waals surface area contributed by atoms with Crippen LogP contribution in [0.15, 0.2) is 48.0 Å². The highest BCUT2D eigenvalue weighted by atomic mass is 32.1. The lowest BCUT2D eigenvalue weighted by molar-refractivity contribution is -0.134. The summed E-state index contributed by atoms with van der Waals surface area (Å²) in [7, 11) is 1.98. The Bertz CT molecular complexity index is 1010. The van der Waals surface area contributed by atoms with Gasteiger partial charge in [-0.3, -0.25) is 14.4 Å². The molecule has 164 valence electrons. The Morgan fingerprint density at radius 1 is 1.26 bits per heavy atom. The van der Waals surface area contributed by atoms with E-state index in [0.29, 0.717) is 6.54 Å². The topological polar surface area (TPSA) is 50.2 Å². The summed E-state index contributed by atoms with van der Waals surface area (Å²) in [6, 6.07) is 13.0. The molecular weight excluding hydrogens is 404 g/mol. The van der Waals surface area contributed by atoms with Gasteiger partial charge in [-0.05, 0) is 62.2 Å². The smallest absolute Gasteiger partial charge is 0.227 e. The SMILES string of the molecule is CCNC(=O)[C@]1(Cc2ccc(-c3cccs3)cc2)CCCN(Cc2cnn(C)c2C)C1. The van der Waals surface area contributed by atoms with Crippen molar-refractivity contribution in [3.63, 3.8) is 0 Å². The summed E-state index contributed by atoms with van der Waals surface area (Å²) in [5, 5.41) is 9.63. The molecule has 1 aliphatic heterocycles. The van der Waals surface area contributed by atoms with E-state index in [0.717, 1.165) is 38.9 Å². The van der Waals surface area contributed by atoms with Gasteiger partial charge in [-0.15, -0.1) is 11.3 Å². The number of carbonyl (C=O) groups excluding carboxylic acids is 1. The van der Waals surface area contributed by atoms with E-state index in [-0.39, 0.29) is 5.91 Å². The van der Waals surface area contributed by atoms with Crippen molar-refractivity contribution in [1.29, 1.82) is 0 Å². The first-order valence-electron chi connectivity index (χ1n) is 11.1. The predicted molar refractivity (Wildman–Crippen MR) is 127 cm³/mol. The lowest BCUT2D eigenvalue weighted by Crippen LogP contribution is -2.52. The molecular formula is C25H32N4OS. The second-order valence-corrected chi connectivity index (χ2v) is 9.63. The summed E-state index contributed by atoms with van der Waals surface area (Å²) in [5.74, 6) is 0.185. The summed E-state index contributed by atoms with van der Waals surface area (Å²) in [6.07, 6.45) is 4.69. The van der Waals surface area contributed by atoms with Gasteiger partial charge in [-0.25, -0.2) is 0 Å². The number of piperidine rings is 1. The minimum Gasteiger partial charge on any atom is -0.356 e. The highest BCUT2D eigenvalue weighted by Crippen LogP contribution is 2.36. The van der Waals surface area contributed by atoms with Crippen LogP contribution in [0.2, 0.25) is 0 Å². The van der Waals surface area contributed by atoms with Crippen LogP contribution in [0.1, 0.15) is 36.6 Å². The number of benzene rings is 1. The van der Waals surface area contributed by atoms with E-state index in [2.05, 4.69) is 64.0 Å². The molecule has 0 radical (unpaired) electrons. The molecule has 0 unspecified atom stereocenters. The van der Waals surface area contributed by atoms with Gasteiger partial charge in [-0.1, -0.05) is 30.3 Å². The van der Waals surface area contributed by atoms with Crippen molar-refractivity contribution in [2.24, 2.45) is 12.5 Å². The third-order valence-corrected chi connectivity index (χ3v) is 7.43. The van der Waals surface area contributed by atoms with Crippen LogP contribution in [0.4, 0.5) is 0 Å². The number of amides is 1. The first-order valence-corrected chi connectivity index (χ1v) is 12.0. The quantitative estimate of drug-likeness (QED) is 0.597. The van der Waals surface area contributed by atoms with Gasteiger partial charge in [-0.2, -0.15) is 5.10 Å². The number of nitrogens with one attached hydrogen (secondary N) is 1. The van der Waals surface area contributed by atoms with Gasteiger partial charge in [0.05, 0.1) is 11.6 Å². The Kier molecular flexibility index (Phi) is 6.58. The monoisotopic (exact) mass is 436 g/mol. The zero-order valence-electron chi connectivity index (χ0n) is 18.7. The molecule has 0 aliphatic carbocycles. The number of hydrogen-bond acceptors (Lipinski definition) is 4. The Morgan fingerprint density at radius 2 is 2.06 bits per heavy atom. The third kappa shape index (κ3) is 4.75. The maximum atomic E-state index is 13.3. The number of rotatable bonds is 7. The van der Waals surface area contributed by atoms with Crippen molar-refractivity contribution in [1.82, 2.24) is 20.0 Å². The molecule has 2 aromatic heterocycles. The predicted octanol–water partition coefficient (Wildman–Crippen LogP) is 4.42. The van der Waals surface area contributed by atoms with Gasteiger partial charge < -0.3 is 5.32 Å². The Labute approximate surface area is 189 Å². The van der Waals surface area contributed by atoms with Crippen LogP contribution in [0.5, 0.6) is 0 Å². The lowest BCUT2D eigenvalue weighted by atomic mass is 9.74. The number of aromatic nitrogens is 2. The average molecular weight is 437 g/mol. The first kappa shape index (κ1) is 21.8. The maximum absolute atomic E-state index is 13.3. The molecule has 4 rings (SSSR count). The van der Waals surface area contributed by atoms with Crippen molar-refractivity contribution >= 4 is 17.2 Å². The molecule has 1 saturated heterocycles. The van der Waals surface area contributed by atoms with E-state index in [1.54, 1.807) is 11.3 Å². The largest absolute Gasteiger partial charge is 0.356 e. The number of likely N-dealkylation sites (tertiary alicyclic amines) is 1. The van der Waals surface area contributed by atoms with Crippen molar-refractivity contribution in [3.05, 3.63) is 64.8 Å². The summed E-state index contributed by atoms with van der Waals surface area (Å²) >= 11 is 1.75. The van der Waals surface area contributed by atoms with Crippen molar-refractivity contribution in [3.8, 4) is 10.4 Å². The normalized spacial score (nSPS) is 19.5. The summed E-state index contributed by atoms with van der Waals surface area (Å²) in [4.78, 5) is 17.0. The van der Waals surface area contributed by atoms with E-state index in [1.807, 2.05) is 24.9 Å². The molecule has 1 fully saturated rings. The van der Waals surface area contributed by atoms with Crippen molar-refractivity contribution in [2.75, 3.05) is 19.6 Å². The number of aryl methyl sites for hydroxylation is 1. The summed E-state index contributed by atoms with van der Waals surface area (Å²) < 4.78 is 1.92. The summed E-state index contributed by atoms with van der Waals surface area (Å²) in [6.45, 7) is 7.42.